The molecule has 0 radical (unpaired) electrons. The predicted octanol–water partition coefficient (Wildman–Crippen LogP) is 1.83. The van der Waals surface area contributed by atoms with Crippen LogP contribution < -0.4 is 0 Å². The Balaban J connectivity index is 1.36. The molecule has 23 heavy (non-hydrogen) atoms. The van der Waals surface area contributed by atoms with Crippen LogP contribution in [0.1, 0.15) is 27.8 Å². The quantitative estimate of drug-likeness (QED) is 0.746. The van der Waals surface area contributed by atoms with Crippen LogP contribution in [-0.2, 0) is 44.6 Å². The Morgan fingerprint density at radius 1 is 1.26 bits per heavy atom. The first-order chi connectivity index (χ1) is 11.3. The highest BCUT2D eigenvalue weighted by Gasteiger charge is 2.25. The van der Waals surface area contributed by atoms with Gasteiger partial charge in [-0.25, -0.2) is 9.97 Å². The molecule has 0 fully saturated rings. The van der Waals surface area contributed by atoms with E-state index in [1.165, 1.54) is 11.3 Å². The molecule has 0 atom stereocenters. The summed E-state index contributed by atoms with van der Waals surface area (Å²) in [5, 5.41) is 10.5. The zero-order valence-electron chi connectivity index (χ0n) is 12.9. The van der Waals surface area contributed by atoms with Crippen molar-refractivity contribution in [3.8, 4) is 0 Å². The summed E-state index contributed by atoms with van der Waals surface area (Å²) in [6.07, 6.45) is 5.61. The largest absolute Gasteiger partial charge is 0.368 e. The number of nitrogens with one attached hydrogen (secondary N) is 1. The van der Waals surface area contributed by atoms with Crippen molar-refractivity contribution in [1.82, 2.24) is 29.6 Å². The lowest BCUT2D eigenvalue weighted by atomic mass is 10.2. The number of H-pyrrole nitrogens is 1. The summed E-state index contributed by atoms with van der Waals surface area (Å²) in [5.74, 6) is 1.07. The van der Waals surface area contributed by atoms with Gasteiger partial charge < -0.3 is 9.30 Å². The van der Waals surface area contributed by atoms with Gasteiger partial charge in [-0.1, -0.05) is 0 Å². The van der Waals surface area contributed by atoms with E-state index in [-0.39, 0.29) is 0 Å². The molecule has 1 N–H and O–H groups in total. The summed E-state index contributed by atoms with van der Waals surface area (Å²) in [6, 6.07) is 0. The number of thiazole rings is 1. The van der Waals surface area contributed by atoms with E-state index < -0.39 is 0 Å². The van der Waals surface area contributed by atoms with Gasteiger partial charge in [-0.05, 0) is 0 Å². The third-order valence-corrected chi connectivity index (χ3v) is 4.79. The fourth-order valence-electron chi connectivity index (χ4n) is 2.80. The number of fused-ring (bicyclic) bond motifs is 1. The molecule has 0 amide bonds. The van der Waals surface area contributed by atoms with Crippen LogP contribution >= 0.6 is 11.3 Å². The maximum absolute atomic E-state index is 5.74. The molecular weight excluding hydrogens is 312 g/mol. The summed E-state index contributed by atoms with van der Waals surface area (Å²) in [7, 11) is 2.02. The molecule has 0 aliphatic carbocycles. The van der Waals surface area contributed by atoms with Crippen molar-refractivity contribution in [1.29, 1.82) is 0 Å². The van der Waals surface area contributed by atoms with Crippen LogP contribution in [0.3, 0.4) is 0 Å². The van der Waals surface area contributed by atoms with E-state index in [0.717, 1.165) is 36.2 Å². The molecule has 7 nitrogen and oxygen atoms in total. The van der Waals surface area contributed by atoms with Crippen molar-refractivity contribution in [3.05, 3.63) is 51.8 Å². The van der Waals surface area contributed by atoms with Crippen molar-refractivity contribution < 1.29 is 4.74 Å². The minimum atomic E-state index is 0.516. The molecule has 0 aromatic carbocycles. The number of imidazole rings is 1. The molecule has 0 saturated heterocycles. The van der Waals surface area contributed by atoms with E-state index in [1.54, 1.807) is 17.5 Å². The van der Waals surface area contributed by atoms with Gasteiger partial charge in [0.1, 0.15) is 10.8 Å². The van der Waals surface area contributed by atoms with Crippen LogP contribution in [0.25, 0.3) is 0 Å². The van der Waals surface area contributed by atoms with E-state index in [2.05, 4.69) is 29.6 Å². The van der Waals surface area contributed by atoms with Gasteiger partial charge in [0.15, 0.2) is 0 Å². The minimum Gasteiger partial charge on any atom is -0.368 e. The Morgan fingerprint density at radius 3 is 3.00 bits per heavy atom. The highest BCUT2D eigenvalue weighted by Crippen LogP contribution is 2.25. The van der Waals surface area contributed by atoms with E-state index in [0.29, 0.717) is 13.2 Å². The van der Waals surface area contributed by atoms with E-state index in [4.69, 9.17) is 4.74 Å². The van der Waals surface area contributed by atoms with Crippen LogP contribution in [0.2, 0.25) is 0 Å². The number of aryl methyl sites for hydroxylation is 1. The third kappa shape index (κ3) is 3.05. The van der Waals surface area contributed by atoms with Gasteiger partial charge in [0.05, 0.1) is 31.1 Å². The number of rotatable bonds is 6. The van der Waals surface area contributed by atoms with Crippen LogP contribution in [0, 0.1) is 0 Å². The third-order valence-electron chi connectivity index (χ3n) is 4.04. The molecule has 4 rings (SSSR count). The van der Waals surface area contributed by atoms with Gasteiger partial charge in [0.25, 0.3) is 0 Å². The van der Waals surface area contributed by atoms with Crippen LogP contribution in [-0.4, -0.2) is 29.6 Å². The lowest BCUT2D eigenvalue weighted by Crippen LogP contribution is -2.19. The van der Waals surface area contributed by atoms with E-state index in [1.807, 2.05) is 24.8 Å². The second-order valence-corrected chi connectivity index (χ2v) is 6.62. The minimum absolute atomic E-state index is 0.516. The van der Waals surface area contributed by atoms with Gasteiger partial charge in [-0.15, -0.1) is 11.3 Å². The SMILES string of the molecule is Cn1ccnc1CN1Cc2[nH]nc(COCc3nccs3)c2C1. The van der Waals surface area contributed by atoms with Gasteiger partial charge in [-0.2, -0.15) is 5.10 Å². The van der Waals surface area contributed by atoms with Crippen LogP contribution in [0.4, 0.5) is 0 Å². The molecular formula is C15H18N6OS. The Morgan fingerprint density at radius 2 is 2.22 bits per heavy atom. The van der Waals surface area contributed by atoms with Crippen molar-refractivity contribution >= 4 is 11.3 Å². The Bertz CT molecular complexity index is 778. The lowest BCUT2D eigenvalue weighted by Gasteiger charge is -2.14. The second-order valence-electron chi connectivity index (χ2n) is 5.65. The molecule has 0 saturated carbocycles. The first kappa shape index (κ1) is 14.6. The lowest BCUT2D eigenvalue weighted by molar-refractivity contribution is 0.103. The molecule has 4 heterocycles. The number of aromatic amines is 1. The smallest absolute Gasteiger partial charge is 0.122 e. The normalized spacial score (nSPS) is 14.5. The number of aromatic nitrogens is 5. The second kappa shape index (κ2) is 6.23. The fourth-order valence-corrected chi connectivity index (χ4v) is 3.36. The monoisotopic (exact) mass is 330 g/mol. The molecule has 0 unspecified atom stereocenters. The highest BCUT2D eigenvalue weighted by molar-refractivity contribution is 7.09. The number of hydrogen-bond acceptors (Lipinski definition) is 6. The summed E-state index contributed by atoms with van der Waals surface area (Å²) in [6.45, 7) is 3.65. The van der Waals surface area contributed by atoms with Gasteiger partial charge in [-0.3, -0.25) is 10.00 Å². The molecule has 3 aromatic heterocycles. The first-order valence-corrected chi connectivity index (χ1v) is 8.37. The number of nitrogens with zero attached hydrogens (tertiary/aromatic N) is 5. The Hall–Kier alpha value is -2.03. The molecule has 1 aliphatic heterocycles. The number of ether oxygens (including phenoxy) is 1. The van der Waals surface area contributed by atoms with Crippen molar-refractivity contribution in [3.63, 3.8) is 0 Å². The zero-order valence-corrected chi connectivity index (χ0v) is 13.7. The maximum Gasteiger partial charge on any atom is 0.122 e. The molecule has 3 aromatic rings. The highest BCUT2D eigenvalue weighted by atomic mass is 32.1. The molecule has 0 bridgehead atoms. The summed E-state index contributed by atoms with van der Waals surface area (Å²) in [4.78, 5) is 11.0. The van der Waals surface area contributed by atoms with Crippen LogP contribution in [0.5, 0.6) is 0 Å². The molecule has 120 valence electrons. The maximum atomic E-state index is 5.74. The zero-order chi connectivity index (χ0) is 15.6. The summed E-state index contributed by atoms with van der Waals surface area (Å²) in [5.41, 5.74) is 3.45. The molecule has 0 spiro atoms. The summed E-state index contributed by atoms with van der Waals surface area (Å²) < 4.78 is 7.80. The van der Waals surface area contributed by atoms with Crippen molar-refractivity contribution in [2.75, 3.05) is 0 Å². The van der Waals surface area contributed by atoms with Crippen molar-refractivity contribution in [2.45, 2.75) is 32.8 Å². The summed E-state index contributed by atoms with van der Waals surface area (Å²) >= 11 is 1.61. The van der Waals surface area contributed by atoms with Gasteiger partial charge in [0.2, 0.25) is 0 Å². The fraction of sp³-hybridized carbons (Fsp3) is 0.400. The van der Waals surface area contributed by atoms with Gasteiger partial charge in [0, 0.05) is 49.7 Å². The Kier molecular flexibility index (Phi) is 3.94. The number of hydrogen-bond donors (Lipinski definition) is 1. The molecule has 8 heteroatoms. The topological polar surface area (TPSA) is 71.9 Å². The first-order valence-electron chi connectivity index (χ1n) is 7.49. The predicted molar refractivity (Wildman–Crippen MR) is 85.4 cm³/mol. The van der Waals surface area contributed by atoms with E-state index in [9.17, 15) is 0 Å². The molecule has 1 aliphatic rings. The van der Waals surface area contributed by atoms with E-state index >= 15 is 0 Å². The standard InChI is InChI=1S/C15H18N6OS/c1-20-4-2-16-14(20)8-21-6-11-12(7-21)18-19-13(11)9-22-10-15-17-3-5-23-15/h2-5H,6-10H2,1H3,(H,18,19). The van der Waals surface area contributed by atoms with Crippen LogP contribution in [0.15, 0.2) is 24.0 Å². The average Bonchev–Trinajstić information content (AvgIpc) is 3.28. The average molecular weight is 330 g/mol. The Labute approximate surface area is 137 Å². The van der Waals surface area contributed by atoms with Gasteiger partial charge >= 0.3 is 0 Å². The van der Waals surface area contributed by atoms with Crippen molar-refractivity contribution in [2.24, 2.45) is 7.05 Å².